The molecule has 0 saturated carbocycles. The highest BCUT2D eigenvalue weighted by Crippen LogP contribution is 2.33. The van der Waals surface area contributed by atoms with Gasteiger partial charge in [0.15, 0.2) is 11.5 Å². The van der Waals surface area contributed by atoms with Crippen LogP contribution in [0.2, 0.25) is 0 Å². The lowest BCUT2D eigenvalue weighted by Gasteiger charge is -2.25. The van der Waals surface area contributed by atoms with Crippen molar-refractivity contribution in [2.24, 2.45) is 5.92 Å². The maximum Gasteiger partial charge on any atom is 0.257 e. The predicted molar refractivity (Wildman–Crippen MR) is 123 cm³/mol. The number of nitriles is 1. The molecular weight excluding hydrogens is 396 g/mol. The molecule has 4 N–H and O–H groups in total. The van der Waals surface area contributed by atoms with Gasteiger partial charge in [0.05, 0.1) is 29.3 Å². The molecule has 0 atom stereocenters. The molecule has 1 aromatic carbocycles. The van der Waals surface area contributed by atoms with Gasteiger partial charge in [-0.25, -0.2) is 0 Å². The molecule has 0 aromatic heterocycles. The molecule has 8 heteroatoms. The molecule has 0 spiro atoms. The zero-order chi connectivity index (χ0) is 24.7. The second-order valence-corrected chi connectivity index (χ2v) is 7.07. The van der Waals surface area contributed by atoms with E-state index < -0.39 is 5.91 Å². The number of Topliss-reactive ketones (excluding diaryl/α,β-unsaturated/α-hetero) is 1. The number of aliphatic hydroxyl groups is 1. The molecule has 0 heterocycles. The number of rotatable bonds is 5. The molecule has 1 aliphatic carbocycles. The number of hydrogen-bond donors (Lipinski definition) is 4. The Kier molecular flexibility index (Phi) is 14.7. The van der Waals surface area contributed by atoms with Crippen LogP contribution in [-0.4, -0.2) is 54.6 Å². The molecule has 2 rings (SSSR count). The molecule has 31 heavy (non-hydrogen) atoms. The molecule has 8 nitrogen and oxygen atoms in total. The van der Waals surface area contributed by atoms with Gasteiger partial charge in [-0.15, -0.1) is 12.8 Å². The van der Waals surface area contributed by atoms with Crippen molar-refractivity contribution in [2.75, 3.05) is 33.1 Å². The number of aliphatic hydroxyl groups excluding tert-OH is 1. The second-order valence-electron chi connectivity index (χ2n) is 7.07. The molecule has 0 aliphatic heterocycles. The molecule has 1 aliphatic rings. The summed E-state index contributed by atoms with van der Waals surface area (Å²) in [4.78, 5) is 25.2. The quantitative estimate of drug-likeness (QED) is 0.418. The first kappa shape index (κ1) is 29.7. The van der Waals surface area contributed by atoms with E-state index in [1.54, 1.807) is 14.1 Å². The minimum absolute atomic E-state index is 0.00826. The van der Waals surface area contributed by atoms with Crippen LogP contribution in [0.3, 0.4) is 0 Å². The van der Waals surface area contributed by atoms with E-state index in [1.807, 2.05) is 13.0 Å². The van der Waals surface area contributed by atoms with E-state index in [4.69, 9.17) is 10.4 Å². The Morgan fingerprint density at radius 2 is 1.77 bits per heavy atom. The number of amides is 1. The largest absolute Gasteiger partial charge is 0.505 e. The number of phenols is 1. The number of ketones is 1. The van der Waals surface area contributed by atoms with Crippen molar-refractivity contribution in [2.45, 2.75) is 34.1 Å². The third-order valence-corrected chi connectivity index (χ3v) is 3.44. The zero-order valence-electron chi connectivity index (χ0n) is 19.4. The summed E-state index contributed by atoms with van der Waals surface area (Å²) < 4.78 is 0. The third-order valence-electron chi connectivity index (χ3n) is 3.44. The summed E-state index contributed by atoms with van der Waals surface area (Å²) in [6.45, 7) is 9.08. The Morgan fingerprint density at radius 3 is 2.16 bits per heavy atom. The number of anilines is 1. The Labute approximate surface area is 185 Å². The van der Waals surface area contributed by atoms with E-state index in [9.17, 15) is 14.7 Å². The van der Waals surface area contributed by atoms with Crippen LogP contribution in [0, 0.1) is 30.1 Å². The number of phenolic OH excluding ortho intramolecular Hbond substituents is 1. The SMILES string of the molecule is C#C.CC(C)C.CCNC1=C(Nc2cc(C#N)cc(C(=O)N(C)C)c2O)C(=O)C1.CO. The summed E-state index contributed by atoms with van der Waals surface area (Å²) in [5, 5.41) is 32.3. The number of nitrogens with zero attached hydrogens (tertiary/aromatic N) is 2. The van der Waals surface area contributed by atoms with Crippen LogP contribution in [0.4, 0.5) is 5.69 Å². The minimum atomic E-state index is -0.427. The smallest absolute Gasteiger partial charge is 0.257 e. The van der Waals surface area contributed by atoms with Crippen LogP contribution in [0.5, 0.6) is 5.75 Å². The van der Waals surface area contributed by atoms with Crippen molar-refractivity contribution in [1.29, 1.82) is 5.26 Å². The van der Waals surface area contributed by atoms with E-state index in [1.165, 1.54) is 17.0 Å². The summed E-state index contributed by atoms with van der Waals surface area (Å²) >= 11 is 0. The van der Waals surface area contributed by atoms with E-state index in [0.29, 0.717) is 18.7 Å². The molecule has 1 aromatic rings. The van der Waals surface area contributed by atoms with Crippen molar-refractivity contribution >= 4 is 17.4 Å². The average Bonchev–Trinajstić information content (AvgIpc) is 2.74. The van der Waals surface area contributed by atoms with Gasteiger partial charge in [-0.3, -0.25) is 9.59 Å². The van der Waals surface area contributed by atoms with Crippen LogP contribution in [0.25, 0.3) is 0 Å². The van der Waals surface area contributed by atoms with Crippen molar-refractivity contribution in [1.82, 2.24) is 10.2 Å². The number of allylic oxidation sites excluding steroid dienone is 2. The van der Waals surface area contributed by atoms with E-state index in [2.05, 4.69) is 44.3 Å². The van der Waals surface area contributed by atoms with E-state index >= 15 is 0 Å². The van der Waals surface area contributed by atoms with Gasteiger partial charge in [0, 0.05) is 33.4 Å². The topological polar surface area (TPSA) is 126 Å². The first-order chi connectivity index (χ1) is 14.6. The Hall–Kier alpha value is -3.49. The number of carbonyl (C=O) groups excluding carboxylic acids is 2. The fourth-order valence-corrected chi connectivity index (χ4v) is 2.24. The fourth-order valence-electron chi connectivity index (χ4n) is 2.24. The Morgan fingerprint density at radius 1 is 1.26 bits per heavy atom. The van der Waals surface area contributed by atoms with E-state index in [0.717, 1.165) is 18.7 Å². The van der Waals surface area contributed by atoms with Gasteiger partial charge in [0.25, 0.3) is 5.91 Å². The van der Waals surface area contributed by atoms with Crippen LogP contribution in [-0.2, 0) is 4.79 Å². The predicted octanol–water partition coefficient (Wildman–Crippen LogP) is 2.69. The monoisotopic (exact) mass is 430 g/mol. The molecule has 170 valence electrons. The lowest BCUT2D eigenvalue weighted by atomic mass is 9.98. The van der Waals surface area contributed by atoms with Gasteiger partial charge in [0.2, 0.25) is 0 Å². The van der Waals surface area contributed by atoms with Crippen molar-refractivity contribution < 1.29 is 19.8 Å². The van der Waals surface area contributed by atoms with Crippen molar-refractivity contribution in [3.05, 3.63) is 34.7 Å². The molecule has 1 amide bonds. The molecule has 0 radical (unpaired) electrons. The zero-order valence-corrected chi connectivity index (χ0v) is 19.4. The molecule has 0 fully saturated rings. The van der Waals surface area contributed by atoms with Crippen LogP contribution >= 0.6 is 0 Å². The first-order valence-corrected chi connectivity index (χ1v) is 9.66. The molecule has 0 saturated heterocycles. The van der Waals surface area contributed by atoms with Crippen LogP contribution in [0.15, 0.2) is 23.5 Å². The minimum Gasteiger partial charge on any atom is -0.505 e. The number of carbonyl (C=O) groups is 2. The fraction of sp³-hybridized carbons (Fsp3) is 0.435. The molecular formula is C23H34N4O4. The summed E-state index contributed by atoms with van der Waals surface area (Å²) in [5.74, 6) is 0.0254. The summed E-state index contributed by atoms with van der Waals surface area (Å²) in [6.07, 6.45) is 8.30. The number of terminal acetylenes is 1. The highest BCUT2D eigenvalue weighted by atomic mass is 16.3. The van der Waals surface area contributed by atoms with Crippen LogP contribution in [0.1, 0.15) is 50.0 Å². The standard InChI is InChI=1S/C16H18N4O3.C4H10.C2H2.CH4O/c1-4-18-11-7-13(21)14(11)19-12-6-9(8-17)5-10(15(12)22)16(23)20(2)3;1-4(2)3;2*1-2/h5-6,18-19,22H,4,7H2,1-3H3;4H,1-3H3;1-2H;2H,1H3. The Bertz CT molecular complexity index is 831. The van der Waals surface area contributed by atoms with Gasteiger partial charge in [0.1, 0.15) is 5.70 Å². The highest BCUT2D eigenvalue weighted by molar-refractivity contribution is 6.07. The van der Waals surface area contributed by atoms with Gasteiger partial charge >= 0.3 is 0 Å². The summed E-state index contributed by atoms with van der Waals surface area (Å²) in [7, 11) is 4.10. The lowest BCUT2D eigenvalue weighted by molar-refractivity contribution is -0.116. The van der Waals surface area contributed by atoms with Gasteiger partial charge in [-0.1, -0.05) is 20.8 Å². The number of benzene rings is 1. The average molecular weight is 431 g/mol. The summed E-state index contributed by atoms with van der Waals surface area (Å²) in [5.41, 5.74) is 1.48. The second kappa shape index (κ2) is 15.4. The molecule has 0 unspecified atom stereocenters. The molecule has 0 bridgehead atoms. The van der Waals surface area contributed by atoms with Crippen LogP contribution < -0.4 is 10.6 Å². The van der Waals surface area contributed by atoms with Gasteiger partial charge in [-0.2, -0.15) is 5.26 Å². The summed E-state index contributed by atoms with van der Waals surface area (Å²) in [6, 6.07) is 4.68. The van der Waals surface area contributed by atoms with Crippen molar-refractivity contribution in [3.8, 4) is 24.7 Å². The van der Waals surface area contributed by atoms with Gasteiger partial charge < -0.3 is 25.7 Å². The number of hydrogen-bond acceptors (Lipinski definition) is 7. The van der Waals surface area contributed by atoms with Gasteiger partial charge in [-0.05, 0) is 25.0 Å². The van der Waals surface area contributed by atoms with E-state index in [-0.39, 0.29) is 28.3 Å². The first-order valence-electron chi connectivity index (χ1n) is 9.66. The maximum atomic E-state index is 12.1. The highest BCUT2D eigenvalue weighted by Gasteiger charge is 2.28. The number of nitrogens with one attached hydrogen (secondary N) is 2. The number of aromatic hydroxyl groups is 1. The third kappa shape index (κ3) is 9.24. The normalized spacial score (nSPS) is 11.2. The Balaban J connectivity index is 0. The maximum absolute atomic E-state index is 12.1. The van der Waals surface area contributed by atoms with Crippen molar-refractivity contribution in [3.63, 3.8) is 0 Å². The lowest BCUT2D eigenvalue weighted by Crippen LogP contribution is -2.32.